The van der Waals surface area contributed by atoms with Gasteiger partial charge < -0.3 is 9.47 Å². The number of amides is 1. The molecule has 1 amide bonds. The van der Waals surface area contributed by atoms with E-state index in [2.05, 4.69) is 4.99 Å². The Bertz CT molecular complexity index is 900. The second-order valence-electron chi connectivity index (χ2n) is 5.71. The van der Waals surface area contributed by atoms with Crippen LogP contribution in [0.1, 0.15) is 19.4 Å². The van der Waals surface area contributed by atoms with Crippen molar-refractivity contribution in [3.63, 3.8) is 0 Å². The van der Waals surface area contributed by atoms with E-state index in [1.165, 1.54) is 11.8 Å². The van der Waals surface area contributed by atoms with Gasteiger partial charge in [-0.2, -0.15) is 0 Å². The van der Waals surface area contributed by atoms with E-state index in [-0.39, 0.29) is 5.91 Å². The molecule has 0 aliphatic carbocycles. The summed E-state index contributed by atoms with van der Waals surface area (Å²) in [6.45, 7) is 5.06. The molecule has 0 radical (unpaired) electrons. The van der Waals surface area contributed by atoms with Crippen LogP contribution in [0.3, 0.4) is 0 Å². The first kappa shape index (κ1) is 18.3. The van der Waals surface area contributed by atoms with Crippen molar-refractivity contribution in [3.05, 3.63) is 40.8 Å². The van der Waals surface area contributed by atoms with Crippen LogP contribution in [-0.2, 0) is 4.79 Å². The maximum atomic E-state index is 12.5. The van der Waals surface area contributed by atoms with E-state index in [1.54, 1.807) is 19.0 Å². The van der Waals surface area contributed by atoms with Gasteiger partial charge in [0.05, 0.1) is 18.1 Å². The molecule has 5 nitrogen and oxygen atoms in total. The van der Waals surface area contributed by atoms with Gasteiger partial charge in [0.15, 0.2) is 5.17 Å². The van der Waals surface area contributed by atoms with Crippen molar-refractivity contribution in [1.29, 1.82) is 0 Å². The first-order chi connectivity index (χ1) is 12.6. The van der Waals surface area contributed by atoms with Crippen LogP contribution in [0.5, 0.6) is 11.5 Å². The van der Waals surface area contributed by atoms with E-state index in [0.29, 0.717) is 23.3 Å². The van der Waals surface area contributed by atoms with Crippen molar-refractivity contribution >= 4 is 39.7 Å². The zero-order valence-corrected chi connectivity index (χ0v) is 16.2. The normalized spacial score (nSPS) is 17.5. The Labute approximate surface area is 157 Å². The number of ether oxygens (including phenoxy) is 2. The molecular formula is C20H22N2O3S. The van der Waals surface area contributed by atoms with Crippen LogP contribution in [0.4, 0.5) is 0 Å². The SMILES string of the molecule is CCOc1ccc2ccc(OCC)c(/C=C3\SC(=NC)N(C)C3=O)c2c1. The number of rotatable bonds is 5. The fourth-order valence-corrected chi connectivity index (χ4v) is 3.78. The van der Waals surface area contributed by atoms with E-state index < -0.39 is 0 Å². The minimum atomic E-state index is -0.0592. The Morgan fingerprint density at radius 2 is 1.88 bits per heavy atom. The van der Waals surface area contributed by atoms with E-state index >= 15 is 0 Å². The summed E-state index contributed by atoms with van der Waals surface area (Å²) in [5.74, 6) is 1.49. The number of benzene rings is 2. The zero-order chi connectivity index (χ0) is 18.7. The lowest BCUT2D eigenvalue weighted by Crippen LogP contribution is -2.23. The molecule has 1 aliphatic rings. The molecule has 1 aliphatic heterocycles. The Morgan fingerprint density at radius 3 is 2.54 bits per heavy atom. The van der Waals surface area contributed by atoms with Crippen molar-refractivity contribution < 1.29 is 14.3 Å². The average Bonchev–Trinajstić information content (AvgIpc) is 2.92. The third-order valence-electron chi connectivity index (χ3n) is 4.08. The predicted molar refractivity (Wildman–Crippen MR) is 108 cm³/mol. The van der Waals surface area contributed by atoms with Gasteiger partial charge in [-0.25, -0.2) is 0 Å². The van der Waals surface area contributed by atoms with Crippen LogP contribution in [0.2, 0.25) is 0 Å². The molecule has 0 saturated carbocycles. The number of hydrogen-bond acceptors (Lipinski definition) is 5. The van der Waals surface area contributed by atoms with Crippen LogP contribution in [0.25, 0.3) is 16.8 Å². The summed E-state index contributed by atoms with van der Waals surface area (Å²) in [5, 5.41) is 2.75. The first-order valence-electron chi connectivity index (χ1n) is 8.55. The minimum Gasteiger partial charge on any atom is -0.494 e. The highest BCUT2D eigenvalue weighted by atomic mass is 32.2. The molecule has 26 heavy (non-hydrogen) atoms. The fraction of sp³-hybridized carbons (Fsp3) is 0.300. The lowest BCUT2D eigenvalue weighted by atomic mass is 10.0. The number of nitrogens with zero attached hydrogens (tertiary/aromatic N) is 2. The Kier molecular flexibility index (Phi) is 5.52. The van der Waals surface area contributed by atoms with Crippen molar-refractivity contribution in [1.82, 2.24) is 4.90 Å². The molecule has 0 atom stereocenters. The summed E-state index contributed by atoms with van der Waals surface area (Å²) in [6, 6.07) is 9.94. The molecule has 0 unspecified atom stereocenters. The smallest absolute Gasteiger partial charge is 0.266 e. The molecule has 1 heterocycles. The lowest BCUT2D eigenvalue weighted by Gasteiger charge is -2.12. The molecular weight excluding hydrogens is 348 g/mol. The number of carbonyl (C=O) groups excluding carboxylic acids is 1. The number of fused-ring (bicyclic) bond motifs is 1. The van der Waals surface area contributed by atoms with E-state index in [0.717, 1.165) is 27.8 Å². The van der Waals surface area contributed by atoms with Gasteiger partial charge in [0, 0.05) is 19.7 Å². The molecule has 0 N–H and O–H groups in total. The maximum Gasteiger partial charge on any atom is 0.266 e. The molecule has 0 bridgehead atoms. The van der Waals surface area contributed by atoms with E-state index in [1.807, 2.05) is 50.3 Å². The first-order valence-corrected chi connectivity index (χ1v) is 9.37. The van der Waals surface area contributed by atoms with Crippen molar-refractivity contribution in [2.24, 2.45) is 4.99 Å². The fourth-order valence-electron chi connectivity index (χ4n) is 2.87. The highest BCUT2D eigenvalue weighted by Gasteiger charge is 2.30. The number of likely N-dealkylation sites (N-methyl/N-ethyl adjacent to an activating group) is 1. The third kappa shape index (κ3) is 3.42. The molecule has 0 spiro atoms. The molecule has 2 aromatic carbocycles. The largest absolute Gasteiger partial charge is 0.494 e. The quantitative estimate of drug-likeness (QED) is 0.741. The molecule has 136 valence electrons. The number of amidine groups is 1. The molecule has 1 saturated heterocycles. The zero-order valence-electron chi connectivity index (χ0n) is 15.4. The Morgan fingerprint density at radius 1 is 1.15 bits per heavy atom. The number of aliphatic imine (C=N–C) groups is 1. The standard InChI is InChI=1S/C20H22N2O3S/c1-5-24-14-9-7-13-8-10-17(25-6-2)16(15(13)11-14)12-18-19(23)22(4)20(21-3)26-18/h7-12H,5-6H2,1-4H3/b18-12-,21-20?. The number of hydrogen-bond donors (Lipinski definition) is 0. The van der Waals surface area contributed by atoms with Gasteiger partial charge >= 0.3 is 0 Å². The predicted octanol–water partition coefficient (Wildman–Crippen LogP) is 4.17. The minimum absolute atomic E-state index is 0.0592. The monoisotopic (exact) mass is 370 g/mol. The van der Waals surface area contributed by atoms with Crippen LogP contribution < -0.4 is 9.47 Å². The van der Waals surface area contributed by atoms with Crippen LogP contribution in [0, 0.1) is 0 Å². The Hall–Kier alpha value is -2.47. The second kappa shape index (κ2) is 7.83. The summed E-state index contributed by atoms with van der Waals surface area (Å²) in [5.41, 5.74) is 0.882. The molecule has 6 heteroatoms. The summed E-state index contributed by atoms with van der Waals surface area (Å²) in [4.78, 5) is 18.9. The Balaban J connectivity index is 2.18. The molecule has 1 fully saturated rings. The van der Waals surface area contributed by atoms with Crippen molar-refractivity contribution in [3.8, 4) is 11.5 Å². The van der Waals surface area contributed by atoms with Crippen LogP contribution in [-0.4, -0.2) is 43.3 Å². The maximum absolute atomic E-state index is 12.5. The van der Waals surface area contributed by atoms with E-state index in [4.69, 9.17) is 9.47 Å². The van der Waals surface area contributed by atoms with Gasteiger partial charge in [0.1, 0.15) is 11.5 Å². The highest BCUT2D eigenvalue weighted by molar-refractivity contribution is 8.18. The summed E-state index contributed by atoms with van der Waals surface area (Å²) in [6.07, 6.45) is 1.89. The third-order valence-corrected chi connectivity index (χ3v) is 5.23. The van der Waals surface area contributed by atoms with Gasteiger partial charge in [0.25, 0.3) is 5.91 Å². The van der Waals surface area contributed by atoms with Crippen LogP contribution >= 0.6 is 11.8 Å². The van der Waals surface area contributed by atoms with Crippen LogP contribution in [0.15, 0.2) is 40.2 Å². The van der Waals surface area contributed by atoms with Gasteiger partial charge in [-0.3, -0.25) is 14.7 Å². The summed E-state index contributed by atoms with van der Waals surface area (Å²) >= 11 is 1.37. The molecule has 2 aromatic rings. The molecule has 0 aromatic heterocycles. The number of carbonyl (C=O) groups is 1. The topological polar surface area (TPSA) is 51.1 Å². The molecule has 3 rings (SSSR count). The second-order valence-corrected chi connectivity index (χ2v) is 6.72. The highest BCUT2D eigenvalue weighted by Crippen LogP contribution is 2.37. The lowest BCUT2D eigenvalue weighted by molar-refractivity contribution is -0.121. The van der Waals surface area contributed by atoms with Gasteiger partial charge in [-0.15, -0.1) is 0 Å². The van der Waals surface area contributed by atoms with E-state index in [9.17, 15) is 4.79 Å². The van der Waals surface area contributed by atoms with Gasteiger partial charge in [-0.05, 0) is 60.7 Å². The summed E-state index contributed by atoms with van der Waals surface area (Å²) < 4.78 is 11.5. The van der Waals surface area contributed by atoms with Crippen molar-refractivity contribution in [2.75, 3.05) is 27.3 Å². The van der Waals surface area contributed by atoms with Gasteiger partial charge in [-0.1, -0.05) is 12.1 Å². The number of thioether (sulfide) groups is 1. The summed E-state index contributed by atoms with van der Waals surface area (Å²) in [7, 11) is 3.42. The van der Waals surface area contributed by atoms with Gasteiger partial charge in [0.2, 0.25) is 0 Å². The van der Waals surface area contributed by atoms with Crippen molar-refractivity contribution in [2.45, 2.75) is 13.8 Å². The average molecular weight is 370 g/mol.